The van der Waals surface area contributed by atoms with Crippen LogP contribution in [0.2, 0.25) is 0 Å². The van der Waals surface area contributed by atoms with Gasteiger partial charge in [0.05, 0.1) is 38.4 Å². The zero-order valence-corrected chi connectivity index (χ0v) is 22.1. The van der Waals surface area contributed by atoms with Crippen molar-refractivity contribution in [1.82, 2.24) is 24.9 Å². The summed E-state index contributed by atoms with van der Waals surface area (Å²) in [7, 11) is 0. The van der Waals surface area contributed by atoms with E-state index in [0.717, 1.165) is 0 Å². The van der Waals surface area contributed by atoms with E-state index in [4.69, 9.17) is 10.8 Å². The van der Waals surface area contributed by atoms with Crippen molar-refractivity contribution in [3.8, 4) is 0 Å². The number of carboxylic acids is 3. The van der Waals surface area contributed by atoms with Crippen LogP contribution in [0.15, 0.2) is 12.3 Å². The zero-order valence-electron chi connectivity index (χ0n) is 22.1. The van der Waals surface area contributed by atoms with Gasteiger partial charge in [-0.25, -0.2) is 0 Å². The summed E-state index contributed by atoms with van der Waals surface area (Å²) in [6.45, 7) is 7.30. The first-order valence-electron chi connectivity index (χ1n) is 12.9. The van der Waals surface area contributed by atoms with Crippen LogP contribution in [0.3, 0.4) is 0 Å². The molecule has 1 heterocycles. The normalized spacial score (nSPS) is 18.1. The summed E-state index contributed by atoms with van der Waals surface area (Å²) in [6, 6.07) is -0.414. The molecule has 7 N–H and O–H groups in total. The number of amides is 1. The molecule has 1 rings (SSSR count). The Morgan fingerprint density at radius 3 is 1.50 bits per heavy atom. The number of carbonyl (C=O) groups excluding carboxylic acids is 1. The topological polar surface area (TPSA) is 200 Å². The molecule has 0 bridgehead atoms. The molecule has 1 fully saturated rings. The quantitative estimate of drug-likeness (QED) is 0.103. The summed E-state index contributed by atoms with van der Waals surface area (Å²) in [4.78, 5) is 53.4. The standard InChI is InChI=1S/C24H44N6O8/c1-19(31)15-27-6-10-29(17-23(35)36)12-8-28(9-13-30(11-7-27)18-24(37)38)16-21(32)26-5-3-2-4-20(25)14-22(33)34/h20,31H,1-18,25H2,(H,26,32)(H,33,34)(H,35,36)(H,37,38)/t20-/m0/s1. The zero-order chi connectivity index (χ0) is 28.5. The molecule has 38 heavy (non-hydrogen) atoms. The molecule has 0 unspecified atom stereocenters. The third-order valence-electron chi connectivity index (χ3n) is 6.18. The SMILES string of the molecule is C=C(O)CN1CCN(CC(=O)O)CCN(CC(=O)NCCCC[C@H](N)CC(=O)O)CCN(CC(=O)O)CC1. The summed E-state index contributed by atoms with van der Waals surface area (Å²) in [5, 5.41) is 39.9. The number of aliphatic hydroxyl groups excluding tert-OH is 1. The van der Waals surface area contributed by atoms with Crippen LogP contribution in [-0.2, 0) is 19.2 Å². The number of nitrogens with two attached hydrogens (primary N) is 1. The minimum atomic E-state index is -0.963. The first kappa shape index (κ1) is 33.2. The van der Waals surface area contributed by atoms with Gasteiger partial charge in [-0.2, -0.15) is 0 Å². The Labute approximate surface area is 223 Å². The molecule has 0 aromatic carbocycles. The number of unbranched alkanes of at least 4 members (excludes halogenated alkanes) is 1. The summed E-state index contributed by atoms with van der Waals surface area (Å²) >= 11 is 0. The van der Waals surface area contributed by atoms with Crippen LogP contribution in [0, 0.1) is 0 Å². The van der Waals surface area contributed by atoms with E-state index in [1.165, 1.54) is 0 Å². The lowest BCUT2D eigenvalue weighted by molar-refractivity contribution is -0.139. The van der Waals surface area contributed by atoms with E-state index in [1.54, 1.807) is 9.80 Å². The summed E-state index contributed by atoms with van der Waals surface area (Å²) in [5.41, 5.74) is 5.75. The molecule has 218 valence electrons. The Kier molecular flexibility index (Phi) is 16.2. The van der Waals surface area contributed by atoms with Gasteiger partial charge in [-0.1, -0.05) is 13.0 Å². The maximum absolute atomic E-state index is 12.6. The van der Waals surface area contributed by atoms with E-state index in [-0.39, 0.29) is 44.3 Å². The Morgan fingerprint density at radius 2 is 1.11 bits per heavy atom. The Morgan fingerprint density at radius 1 is 0.684 bits per heavy atom. The van der Waals surface area contributed by atoms with Crippen LogP contribution in [0.4, 0.5) is 0 Å². The highest BCUT2D eigenvalue weighted by molar-refractivity contribution is 5.78. The molecule has 0 saturated carbocycles. The molecule has 0 radical (unpaired) electrons. The van der Waals surface area contributed by atoms with Crippen molar-refractivity contribution in [3.05, 3.63) is 12.3 Å². The number of carboxylic acid groups (broad SMARTS) is 3. The van der Waals surface area contributed by atoms with Crippen molar-refractivity contribution >= 4 is 23.8 Å². The van der Waals surface area contributed by atoms with Crippen LogP contribution < -0.4 is 11.1 Å². The van der Waals surface area contributed by atoms with Gasteiger partial charge in [0, 0.05) is 64.9 Å². The first-order chi connectivity index (χ1) is 17.9. The molecule has 0 spiro atoms. The Hall–Kier alpha value is -2.78. The van der Waals surface area contributed by atoms with Crippen LogP contribution in [-0.4, -0.2) is 155 Å². The fourth-order valence-corrected chi connectivity index (χ4v) is 4.20. The second-order valence-electron chi connectivity index (χ2n) is 9.66. The smallest absolute Gasteiger partial charge is 0.317 e. The second kappa shape index (κ2) is 18.5. The monoisotopic (exact) mass is 544 g/mol. The van der Waals surface area contributed by atoms with Gasteiger partial charge in [-0.15, -0.1) is 0 Å². The Balaban J connectivity index is 2.73. The molecule has 14 nitrogen and oxygen atoms in total. The van der Waals surface area contributed by atoms with E-state index < -0.39 is 23.9 Å². The van der Waals surface area contributed by atoms with Gasteiger partial charge >= 0.3 is 17.9 Å². The first-order valence-corrected chi connectivity index (χ1v) is 12.9. The molecular formula is C24H44N6O8. The van der Waals surface area contributed by atoms with Gasteiger partial charge in [-0.05, 0) is 12.8 Å². The number of aliphatic hydroxyl groups is 1. The third kappa shape index (κ3) is 16.9. The fourth-order valence-electron chi connectivity index (χ4n) is 4.20. The van der Waals surface area contributed by atoms with E-state index in [2.05, 4.69) is 11.9 Å². The van der Waals surface area contributed by atoms with Gasteiger partial charge in [0.1, 0.15) is 0 Å². The van der Waals surface area contributed by atoms with E-state index in [0.29, 0.717) is 78.2 Å². The second-order valence-corrected chi connectivity index (χ2v) is 9.66. The molecule has 1 atom stereocenters. The lowest BCUT2D eigenvalue weighted by atomic mass is 10.1. The van der Waals surface area contributed by atoms with Gasteiger partial charge in [-0.3, -0.25) is 38.8 Å². The predicted molar refractivity (Wildman–Crippen MR) is 140 cm³/mol. The van der Waals surface area contributed by atoms with Gasteiger partial charge in [0.25, 0.3) is 0 Å². The van der Waals surface area contributed by atoms with Gasteiger partial charge in [0.15, 0.2) is 0 Å². The third-order valence-corrected chi connectivity index (χ3v) is 6.18. The highest BCUT2D eigenvalue weighted by Crippen LogP contribution is 2.04. The molecule has 0 aromatic heterocycles. The van der Waals surface area contributed by atoms with Gasteiger partial charge < -0.3 is 31.5 Å². The molecule has 0 aliphatic carbocycles. The molecule has 0 aromatic rings. The van der Waals surface area contributed by atoms with Crippen LogP contribution >= 0.6 is 0 Å². The maximum atomic E-state index is 12.6. The predicted octanol–water partition coefficient (Wildman–Crippen LogP) is -1.46. The number of nitrogens with zero attached hydrogens (tertiary/aromatic N) is 4. The molecule has 1 amide bonds. The molecule has 1 aliphatic rings. The van der Waals surface area contributed by atoms with Crippen molar-refractivity contribution in [2.75, 3.05) is 85.1 Å². The van der Waals surface area contributed by atoms with E-state index in [9.17, 15) is 34.5 Å². The maximum Gasteiger partial charge on any atom is 0.317 e. The largest absolute Gasteiger partial charge is 0.512 e. The molecule has 1 aliphatic heterocycles. The van der Waals surface area contributed by atoms with Crippen LogP contribution in [0.5, 0.6) is 0 Å². The number of carbonyl (C=O) groups is 4. The van der Waals surface area contributed by atoms with Crippen molar-refractivity contribution < 1.29 is 39.6 Å². The van der Waals surface area contributed by atoms with Crippen LogP contribution in [0.1, 0.15) is 25.7 Å². The highest BCUT2D eigenvalue weighted by Gasteiger charge is 2.20. The number of nitrogens with one attached hydrogen (secondary N) is 1. The van der Waals surface area contributed by atoms with Crippen LogP contribution in [0.25, 0.3) is 0 Å². The van der Waals surface area contributed by atoms with Crippen molar-refractivity contribution in [1.29, 1.82) is 0 Å². The number of hydrogen-bond acceptors (Lipinski definition) is 10. The van der Waals surface area contributed by atoms with E-state index in [1.807, 2.05) is 9.80 Å². The number of hydrogen-bond donors (Lipinski definition) is 6. The molecule has 14 heteroatoms. The van der Waals surface area contributed by atoms with E-state index >= 15 is 0 Å². The Bertz CT molecular complexity index is 751. The minimum absolute atomic E-state index is 0.0213. The van der Waals surface area contributed by atoms with Crippen molar-refractivity contribution in [2.45, 2.75) is 31.7 Å². The number of rotatable bonds is 15. The lowest BCUT2D eigenvalue weighted by Gasteiger charge is -2.33. The summed E-state index contributed by atoms with van der Waals surface area (Å²) in [5.74, 6) is -3.08. The highest BCUT2D eigenvalue weighted by atomic mass is 16.4. The van der Waals surface area contributed by atoms with Crippen molar-refractivity contribution in [3.63, 3.8) is 0 Å². The molecular weight excluding hydrogens is 500 g/mol. The van der Waals surface area contributed by atoms with Gasteiger partial charge in [0.2, 0.25) is 5.91 Å². The number of aliphatic carboxylic acids is 3. The average Bonchev–Trinajstić information content (AvgIpc) is 2.79. The minimum Gasteiger partial charge on any atom is -0.512 e. The summed E-state index contributed by atoms with van der Waals surface area (Å²) < 4.78 is 0. The van der Waals surface area contributed by atoms with Crippen molar-refractivity contribution in [2.24, 2.45) is 5.73 Å². The molecule has 1 saturated heterocycles. The lowest BCUT2D eigenvalue weighted by Crippen LogP contribution is -2.49. The average molecular weight is 545 g/mol. The summed E-state index contributed by atoms with van der Waals surface area (Å²) in [6.07, 6.45) is 1.81. The fraction of sp³-hybridized carbons (Fsp3) is 0.750.